The van der Waals surface area contributed by atoms with E-state index in [1.54, 1.807) is 29.0 Å². The highest BCUT2D eigenvalue weighted by Gasteiger charge is 2.29. The monoisotopic (exact) mass is 625 g/mol. The van der Waals surface area contributed by atoms with E-state index in [0.717, 1.165) is 23.4 Å². The fraction of sp³-hybridized carbons (Fsp3) is 0.103. The molecular formula is C29H24ClN3O9S. The van der Waals surface area contributed by atoms with Crippen molar-refractivity contribution in [1.29, 1.82) is 0 Å². The SMILES string of the molecule is NC(=O)OC(Cc1ccc(OCc2ccc(Oc3ccccc3)cc2)cc1)C(=O)NS(=O)(=O)c1ccc(Cl)c([N+](=O)[O-])c1. The van der Waals surface area contributed by atoms with Crippen molar-refractivity contribution in [3.8, 4) is 17.2 Å². The molecule has 43 heavy (non-hydrogen) atoms. The van der Waals surface area contributed by atoms with E-state index in [2.05, 4.69) is 0 Å². The average Bonchev–Trinajstić information content (AvgIpc) is 2.97. The fourth-order valence-electron chi connectivity index (χ4n) is 3.77. The molecule has 2 amide bonds. The predicted molar refractivity (Wildman–Crippen MR) is 155 cm³/mol. The molecular weight excluding hydrogens is 602 g/mol. The number of rotatable bonds is 12. The number of primary amides is 1. The highest BCUT2D eigenvalue weighted by molar-refractivity contribution is 7.90. The van der Waals surface area contributed by atoms with Crippen molar-refractivity contribution < 1.29 is 37.1 Å². The molecule has 0 aliphatic carbocycles. The molecule has 0 saturated heterocycles. The maximum atomic E-state index is 12.8. The Morgan fingerprint density at radius 3 is 2.12 bits per heavy atom. The van der Waals surface area contributed by atoms with Crippen molar-refractivity contribution >= 4 is 39.3 Å². The first-order valence-corrected chi connectivity index (χ1v) is 14.4. The van der Waals surface area contributed by atoms with Crippen LogP contribution in [0.5, 0.6) is 17.2 Å². The molecule has 0 aliphatic rings. The summed E-state index contributed by atoms with van der Waals surface area (Å²) in [5.41, 5.74) is 5.81. The molecule has 0 aromatic heterocycles. The Hall–Kier alpha value is -5.14. The van der Waals surface area contributed by atoms with Crippen LogP contribution >= 0.6 is 11.6 Å². The van der Waals surface area contributed by atoms with Crippen LogP contribution in [0, 0.1) is 10.1 Å². The molecule has 14 heteroatoms. The Morgan fingerprint density at radius 2 is 1.49 bits per heavy atom. The van der Waals surface area contributed by atoms with Crippen molar-refractivity contribution in [1.82, 2.24) is 4.72 Å². The van der Waals surface area contributed by atoms with Crippen LogP contribution in [0.15, 0.2) is 102 Å². The molecule has 222 valence electrons. The Kier molecular flexibility index (Phi) is 9.80. The molecule has 4 rings (SSSR count). The number of nitro groups is 1. The van der Waals surface area contributed by atoms with E-state index in [9.17, 15) is 28.1 Å². The molecule has 0 aliphatic heterocycles. The maximum absolute atomic E-state index is 12.8. The summed E-state index contributed by atoms with van der Waals surface area (Å²) in [6.07, 6.45) is -3.16. The first-order valence-electron chi connectivity index (χ1n) is 12.5. The lowest BCUT2D eigenvalue weighted by atomic mass is 10.1. The van der Waals surface area contributed by atoms with Crippen LogP contribution < -0.4 is 19.9 Å². The molecule has 12 nitrogen and oxygen atoms in total. The average molecular weight is 626 g/mol. The molecule has 4 aromatic rings. The largest absolute Gasteiger partial charge is 0.489 e. The number of nitrogens with one attached hydrogen (secondary N) is 1. The number of carbonyl (C=O) groups excluding carboxylic acids is 2. The lowest BCUT2D eigenvalue weighted by Gasteiger charge is -2.17. The summed E-state index contributed by atoms with van der Waals surface area (Å²) in [6, 6.07) is 25.9. The third kappa shape index (κ3) is 8.67. The van der Waals surface area contributed by atoms with Gasteiger partial charge in [0.25, 0.3) is 21.6 Å². The number of para-hydroxylation sites is 1. The van der Waals surface area contributed by atoms with E-state index in [4.69, 9.17) is 31.5 Å². The second-order valence-electron chi connectivity index (χ2n) is 8.96. The van der Waals surface area contributed by atoms with Gasteiger partial charge in [0.1, 0.15) is 28.9 Å². The Bertz CT molecular complexity index is 1720. The van der Waals surface area contributed by atoms with E-state index in [0.29, 0.717) is 23.1 Å². The van der Waals surface area contributed by atoms with Gasteiger partial charge in [-0.15, -0.1) is 0 Å². The number of nitrogens with two attached hydrogens (primary N) is 1. The fourth-order valence-corrected chi connectivity index (χ4v) is 4.98. The van der Waals surface area contributed by atoms with Gasteiger partial charge in [-0.3, -0.25) is 14.9 Å². The van der Waals surface area contributed by atoms with Crippen LogP contribution in [0.25, 0.3) is 0 Å². The molecule has 0 radical (unpaired) electrons. The Balaban J connectivity index is 1.36. The van der Waals surface area contributed by atoms with E-state index in [1.165, 1.54) is 0 Å². The zero-order valence-electron chi connectivity index (χ0n) is 22.2. The Morgan fingerprint density at radius 1 is 0.884 bits per heavy atom. The van der Waals surface area contributed by atoms with Crippen LogP contribution in [0.2, 0.25) is 5.02 Å². The third-order valence-corrected chi connectivity index (χ3v) is 7.53. The van der Waals surface area contributed by atoms with Gasteiger partial charge < -0.3 is 19.9 Å². The predicted octanol–water partition coefficient (Wildman–Crippen LogP) is 5.13. The first-order chi connectivity index (χ1) is 20.5. The van der Waals surface area contributed by atoms with Crippen LogP contribution in [0.4, 0.5) is 10.5 Å². The number of halogens is 1. The standard InChI is InChI=1S/C29H24ClN3O9S/c30-25-15-14-24(17-26(25)33(36)37)43(38,39)32-28(34)27(42-29(31)35)16-19-6-10-21(11-7-19)40-18-20-8-12-23(13-9-20)41-22-4-2-1-3-5-22/h1-15,17,27H,16,18H2,(H2,31,35)(H,32,34). The lowest BCUT2D eigenvalue weighted by Crippen LogP contribution is -2.43. The maximum Gasteiger partial charge on any atom is 0.405 e. The first kappa shape index (κ1) is 30.8. The van der Waals surface area contributed by atoms with Crippen molar-refractivity contribution in [3.63, 3.8) is 0 Å². The van der Waals surface area contributed by atoms with Gasteiger partial charge in [-0.25, -0.2) is 17.9 Å². The van der Waals surface area contributed by atoms with Crippen molar-refractivity contribution in [2.45, 2.75) is 24.0 Å². The number of nitrogens with zero attached hydrogens (tertiary/aromatic N) is 1. The molecule has 1 atom stereocenters. The number of carbonyl (C=O) groups is 2. The van der Waals surface area contributed by atoms with E-state index >= 15 is 0 Å². The van der Waals surface area contributed by atoms with Crippen molar-refractivity contribution in [2.75, 3.05) is 0 Å². The highest BCUT2D eigenvalue weighted by Crippen LogP contribution is 2.27. The lowest BCUT2D eigenvalue weighted by molar-refractivity contribution is -0.384. The summed E-state index contributed by atoms with van der Waals surface area (Å²) in [6.45, 7) is 0.265. The van der Waals surface area contributed by atoms with Gasteiger partial charge in [-0.2, -0.15) is 0 Å². The summed E-state index contributed by atoms with van der Waals surface area (Å²) in [5.74, 6) is 0.703. The van der Waals surface area contributed by atoms with Crippen LogP contribution in [-0.2, 0) is 32.6 Å². The third-order valence-electron chi connectivity index (χ3n) is 5.86. The van der Waals surface area contributed by atoms with E-state index in [-0.39, 0.29) is 18.1 Å². The Labute approximate surface area is 251 Å². The second kappa shape index (κ2) is 13.7. The van der Waals surface area contributed by atoms with Gasteiger partial charge in [-0.1, -0.05) is 54.1 Å². The smallest absolute Gasteiger partial charge is 0.405 e. The minimum Gasteiger partial charge on any atom is -0.489 e. The van der Waals surface area contributed by atoms with Crippen molar-refractivity contribution in [2.24, 2.45) is 5.73 Å². The topological polar surface area (TPSA) is 177 Å². The number of amides is 2. The zero-order chi connectivity index (χ0) is 31.0. The normalized spacial score (nSPS) is 11.7. The van der Waals surface area contributed by atoms with E-state index < -0.39 is 43.6 Å². The van der Waals surface area contributed by atoms with E-state index in [1.807, 2.05) is 54.6 Å². The van der Waals surface area contributed by atoms with Crippen molar-refractivity contribution in [3.05, 3.63) is 123 Å². The summed E-state index contributed by atoms with van der Waals surface area (Å²) in [4.78, 5) is 33.9. The van der Waals surface area contributed by atoms with Gasteiger partial charge in [0.15, 0.2) is 6.10 Å². The minimum absolute atomic E-state index is 0.228. The molecule has 0 saturated carbocycles. The number of benzene rings is 4. The molecule has 3 N–H and O–H groups in total. The summed E-state index contributed by atoms with van der Waals surface area (Å²) in [7, 11) is -4.59. The highest BCUT2D eigenvalue weighted by atomic mass is 35.5. The van der Waals surface area contributed by atoms with Crippen LogP contribution in [0.1, 0.15) is 11.1 Å². The molecule has 0 fully saturated rings. The summed E-state index contributed by atoms with van der Waals surface area (Å²) in [5, 5.41) is 10.8. The minimum atomic E-state index is -4.59. The number of sulfonamides is 1. The van der Waals surface area contributed by atoms with Crippen LogP contribution in [-0.4, -0.2) is 31.4 Å². The van der Waals surface area contributed by atoms with Gasteiger partial charge in [0, 0.05) is 12.5 Å². The molecule has 0 heterocycles. The number of hydrogen-bond donors (Lipinski definition) is 2. The van der Waals surface area contributed by atoms with Gasteiger partial charge >= 0.3 is 6.09 Å². The van der Waals surface area contributed by atoms with Crippen LogP contribution in [0.3, 0.4) is 0 Å². The zero-order valence-corrected chi connectivity index (χ0v) is 23.8. The summed E-state index contributed by atoms with van der Waals surface area (Å²) < 4.78 is 43.6. The second-order valence-corrected chi connectivity index (χ2v) is 11.1. The summed E-state index contributed by atoms with van der Waals surface area (Å²) >= 11 is 5.73. The number of nitro benzene ring substituents is 1. The number of ether oxygens (including phenoxy) is 3. The molecule has 4 aromatic carbocycles. The molecule has 0 spiro atoms. The molecule has 0 bridgehead atoms. The van der Waals surface area contributed by atoms with Gasteiger partial charge in [-0.05, 0) is 59.7 Å². The number of hydrogen-bond acceptors (Lipinski definition) is 9. The van der Waals surface area contributed by atoms with Gasteiger partial charge in [0.05, 0.1) is 9.82 Å². The van der Waals surface area contributed by atoms with Gasteiger partial charge in [0.2, 0.25) is 0 Å². The molecule has 1 unspecified atom stereocenters. The quantitative estimate of drug-likeness (QED) is 0.159.